The van der Waals surface area contributed by atoms with Gasteiger partial charge >= 0.3 is 0 Å². The second kappa shape index (κ2) is 6.68. The largest absolute Gasteiger partial charge is 0.261 e. The molecule has 3 nitrogen and oxygen atoms in total. The van der Waals surface area contributed by atoms with Crippen molar-refractivity contribution in [2.45, 2.75) is 18.2 Å². The summed E-state index contributed by atoms with van der Waals surface area (Å²) >= 11 is 0. The van der Waals surface area contributed by atoms with Gasteiger partial charge in [-0.3, -0.25) is 4.98 Å². The maximum atomic E-state index is 12.1. The predicted octanol–water partition coefficient (Wildman–Crippen LogP) is 2.83. The Balaban J connectivity index is 0.00000180. The number of aromatic nitrogens is 1. The predicted molar refractivity (Wildman–Crippen MR) is 78.4 cm³/mol. The van der Waals surface area contributed by atoms with Gasteiger partial charge in [0.1, 0.15) is 0 Å². The van der Waals surface area contributed by atoms with Gasteiger partial charge in [0.2, 0.25) is 0 Å². The first-order valence-corrected chi connectivity index (χ1v) is 7.42. The first-order chi connectivity index (χ1) is 8.58. The van der Waals surface area contributed by atoms with Crippen LogP contribution in [0.25, 0.3) is 0 Å². The van der Waals surface area contributed by atoms with E-state index >= 15 is 0 Å². The number of hydrogen-bond donors (Lipinski definition) is 0. The lowest BCUT2D eigenvalue weighted by atomic mass is 10.2. The second-order valence-electron chi connectivity index (χ2n) is 4.20. The molecule has 1 aromatic heterocycles. The van der Waals surface area contributed by atoms with Crippen molar-refractivity contribution in [2.24, 2.45) is 0 Å². The van der Waals surface area contributed by atoms with Gasteiger partial charge in [-0.2, -0.15) is 0 Å². The number of pyridine rings is 1. The van der Waals surface area contributed by atoms with E-state index in [1.54, 1.807) is 18.3 Å². The molecule has 0 saturated heterocycles. The van der Waals surface area contributed by atoms with Crippen molar-refractivity contribution in [1.82, 2.24) is 4.98 Å². The summed E-state index contributed by atoms with van der Waals surface area (Å²) in [6, 6.07) is 12.5. The first-order valence-electron chi connectivity index (χ1n) is 5.77. The molecule has 0 bridgehead atoms. The highest BCUT2D eigenvalue weighted by molar-refractivity contribution is 7.91. The number of aryl methyl sites for hydroxylation is 2. The minimum absolute atomic E-state index is 0. The third kappa shape index (κ3) is 4.33. The number of benzene rings is 1. The van der Waals surface area contributed by atoms with Crippen LogP contribution in [0.1, 0.15) is 11.3 Å². The molecule has 2 aromatic rings. The van der Waals surface area contributed by atoms with E-state index in [1.807, 2.05) is 37.3 Å². The normalized spacial score (nSPS) is 10.8. The van der Waals surface area contributed by atoms with Crippen LogP contribution in [0.4, 0.5) is 0 Å². The topological polar surface area (TPSA) is 47.0 Å². The van der Waals surface area contributed by atoms with Gasteiger partial charge in [-0.1, -0.05) is 23.8 Å². The molecule has 1 heterocycles. The summed E-state index contributed by atoms with van der Waals surface area (Å²) < 4.78 is 24.2. The van der Waals surface area contributed by atoms with Crippen LogP contribution in [0.5, 0.6) is 0 Å². The fourth-order valence-corrected chi connectivity index (χ4v) is 2.91. The molecule has 1 aromatic carbocycles. The van der Waals surface area contributed by atoms with Crippen LogP contribution in [0.15, 0.2) is 53.6 Å². The summed E-state index contributed by atoms with van der Waals surface area (Å²) in [6.45, 7) is 1.93. The van der Waals surface area contributed by atoms with E-state index < -0.39 is 9.84 Å². The zero-order chi connectivity index (χ0) is 13.0. The lowest BCUT2D eigenvalue weighted by molar-refractivity contribution is 0.595. The van der Waals surface area contributed by atoms with Crippen LogP contribution in [-0.4, -0.2) is 19.2 Å². The minimum Gasteiger partial charge on any atom is -0.261 e. The van der Waals surface area contributed by atoms with Gasteiger partial charge in [0, 0.05) is 18.3 Å². The quantitative estimate of drug-likeness (QED) is 0.872. The smallest absolute Gasteiger partial charge is 0.178 e. The van der Waals surface area contributed by atoms with Gasteiger partial charge in [0.15, 0.2) is 9.84 Å². The van der Waals surface area contributed by atoms with E-state index in [4.69, 9.17) is 0 Å². The van der Waals surface area contributed by atoms with Crippen LogP contribution >= 0.6 is 12.4 Å². The van der Waals surface area contributed by atoms with Crippen molar-refractivity contribution in [3.05, 3.63) is 59.9 Å². The van der Waals surface area contributed by atoms with Crippen molar-refractivity contribution in [3.63, 3.8) is 0 Å². The summed E-state index contributed by atoms with van der Waals surface area (Å²) in [4.78, 5) is 4.50. The highest BCUT2D eigenvalue weighted by Crippen LogP contribution is 2.13. The number of hydrogen-bond acceptors (Lipinski definition) is 3. The van der Waals surface area contributed by atoms with E-state index in [9.17, 15) is 8.42 Å². The average molecular weight is 298 g/mol. The first kappa shape index (κ1) is 15.7. The molecule has 0 amide bonds. The molecular formula is C14H16ClNO2S. The molecule has 0 atom stereocenters. The van der Waals surface area contributed by atoms with E-state index in [1.165, 1.54) is 0 Å². The average Bonchev–Trinajstić information content (AvgIpc) is 2.38. The standard InChI is InChI=1S/C14H15NO2S.ClH/c1-12-5-7-14(8-6-12)18(16,17)11-9-13-4-2-3-10-15-13;/h2-8,10H,9,11H2,1H3;1H. The SMILES string of the molecule is Cc1ccc(S(=O)(=O)CCc2ccccn2)cc1.Cl. The third-order valence-electron chi connectivity index (χ3n) is 2.73. The maximum absolute atomic E-state index is 12.1. The van der Waals surface area contributed by atoms with Crippen LogP contribution in [0, 0.1) is 6.92 Å². The van der Waals surface area contributed by atoms with E-state index in [-0.39, 0.29) is 18.2 Å². The van der Waals surface area contributed by atoms with Crippen LogP contribution in [0.3, 0.4) is 0 Å². The Morgan fingerprint density at radius 3 is 2.32 bits per heavy atom. The number of rotatable bonds is 4. The van der Waals surface area contributed by atoms with Crippen LogP contribution in [0.2, 0.25) is 0 Å². The van der Waals surface area contributed by atoms with Crippen molar-refractivity contribution in [1.29, 1.82) is 0 Å². The molecule has 0 saturated carbocycles. The lowest BCUT2D eigenvalue weighted by Gasteiger charge is -2.04. The Labute approximate surface area is 120 Å². The molecule has 0 aliphatic rings. The molecule has 0 aliphatic heterocycles. The molecule has 0 radical (unpaired) electrons. The molecule has 0 N–H and O–H groups in total. The van der Waals surface area contributed by atoms with Crippen molar-refractivity contribution < 1.29 is 8.42 Å². The van der Waals surface area contributed by atoms with Crippen LogP contribution in [-0.2, 0) is 16.3 Å². The molecule has 19 heavy (non-hydrogen) atoms. The maximum Gasteiger partial charge on any atom is 0.178 e. The fraction of sp³-hybridized carbons (Fsp3) is 0.214. The van der Waals surface area contributed by atoms with E-state index in [0.717, 1.165) is 11.3 Å². The monoisotopic (exact) mass is 297 g/mol. The second-order valence-corrected chi connectivity index (χ2v) is 6.31. The Morgan fingerprint density at radius 1 is 1.05 bits per heavy atom. The van der Waals surface area contributed by atoms with E-state index in [2.05, 4.69) is 4.98 Å². The van der Waals surface area contributed by atoms with Crippen LogP contribution < -0.4 is 0 Å². The van der Waals surface area contributed by atoms with Gasteiger partial charge < -0.3 is 0 Å². The zero-order valence-electron chi connectivity index (χ0n) is 10.6. The van der Waals surface area contributed by atoms with Crippen molar-refractivity contribution in [2.75, 3.05) is 5.75 Å². The lowest BCUT2D eigenvalue weighted by Crippen LogP contribution is -2.09. The van der Waals surface area contributed by atoms with Crippen molar-refractivity contribution in [3.8, 4) is 0 Å². The summed E-state index contributed by atoms with van der Waals surface area (Å²) in [5.41, 5.74) is 1.85. The highest BCUT2D eigenvalue weighted by Gasteiger charge is 2.14. The van der Waals surface area contributed by atoms with Gasteiger partial charge in [-0.25, -0.2) is 8.42 Å². The number of halogens is 1. The molecule has 5 heteroatoms. The fourth-order valence-electron chi connectivity index (χ4n) is 1.65. The zero-order valence-corrected chi connectivity index (χ0v) is 12.2. The van der Waals surface area contributed by atoms with Gasteiger partial charge in [0.05, 0.1) is 10.6 Å². The Bertz CT molecular complexity index is 610. The molecule has 102 valence electrons. The molecule has 0 fully saturated rings. The highest BCUT2D eigenvalue weighted by atomic mass is 35.5. The number of nitrogens with zero attached hydrogens (tertiary/aromatic N) is 1. The Hall–Kier alpha value is -1.39. The van der Waals surface area contributed by atoms with Gasteiger partial charge in [-0.05, 0) is 31.2 Å². The molecule has 0 spiro atoms. The Kier molecular flexibility index (Phi) is 5.51. The van der Waals surface area contributed by atoms with Crippen molar-refractivity contribution >= 4 is 22.2 Å². The molecule has 0 unspecified atom stereocenters. The minimum atomic E-state index is -3.22. The summed E-state index contributed by atoms with van der Waals surface area (Å²) in [6.07, 6.45) is 2.12. The molecular weight excluding hydrogens is 282 g/mol. The Morgan fingerprint density at radius 2 is 1.74 bits per heavy atom. The third-order valence-corrected chi connectivity index (χ3v) is 4.47. The molecule has 0 aliphatic carbocycles. The summed E-state index contributed by atoms with van der Waals surface area (Å²) in [7, 11) is -3.22. The molecule has 2 rings (SSSR count). The van der Waals surface area contributed by atoms with Gasteiger partial charge in [-0.15, -0.1) is 12.4 Å². The van der Waals surface area contributed by atoms with Gasteiger partial charge in [0.25, 0.3) is 0 Å². The number of sulfone groups is 1. The van der Waals surface area contributed by atoms with E-state index in [0.29, 0.717) is 11.3 Å². The summed E-state index contributed by atoms with van der Waals surface area (Å²) in [5, 5.41) is 0. The summed E-state index contributed by atoms with van der Waals surface area (Å²) in [5.74, 6) is 0.0904.